The topological polar surface area (TPSA) is 110 Å². The first-order chi connectivity index (χ1) is 9.17. The summed E-state index contributed by atoms with van der Waals surface area (Å²) in [6.07, 6.45) is 0.223. The van der Waals surface area contributed by atoms with E-state index >= 15 is 0 Å². The van der Waals surface area contributed by atoms with E-state index in [-0.39, 0.29) is 30.3 Å². The van der Waals surface area contributed by atoms with Crippen LogP contribution in [-0.4, -0.2) is 23.9 Å². The number of amides is 2. The summed E-state index contributed by atoms with van der Waals surface area (Å²) in [5.41, 5.74) is 12.2. The predicted molar refractivity (Wildman–Crippen MR) is 80.1 cm³/mol. The van der Waals surface area contributed by atoms with Crippen molar-refractivity contribution >= 4 is 23.2 Å². The fourth-order valence-corrected chi connectivity index (χ4v) is 1.68. The summed E-state index contributed by atoms with van der Waals surface area (Å²) in [4.78, 5) is 23.4. The summed E-state index contributed by atoms with van der Waals surface area (Å²) in [5, 5.41) is 5.48. The van der Waals surface area contributed by atoms with Gasteiger partial charge in [0.15, 0.2) is 0 Å². The Morgan fingerprint density at radius 1 is 1.10 bits per heavy atom. The molecule has 110 valence electrons. The van der Waals surface area contributed by atoms with Crippen molar-refractivity contribution in [2.75, 3.05) is 18.0 Å². The van der Waals surface area contributed by atoms with E-state index in [4.69, 9.17) is 11.5 Å². The molecular weight excluding hydrogens is 256 g/mol. The first kappa shape index (κ1) is 15.8. The molecule has 6 N–H and O–H groups in total. The molecule has 0 fully saturated rings. The second kappa shape index (κ2) is 6.27. The molecule has 0 aliphatic rings. The average molecular weight is 278 g/mol. The fraction of sp³-hybridized carbons (Fsp3) is 0.429. The van der Waals surface area contributed by atoms with E-state index in [1.54, 1.807) is 18.2 Å². The Bertz CT molecular complexity index is 486. The van der Waals surface area contributed by atoms with Gasteiger partial charge in [0.25, 0.3) is 5.91 Å². The molecule has 0 radical (unpaired) electrons. The number of nitrogen functional groups attached to an aromatic ring is 2. The van der Waals surface area contributed by atoms with Crippen LogP contribution in [0.1, 0.15) is 37.6 Å². The van der Waals surface area contributed by atoms with Crippen LogP contribution in [0.25, 0.3) is 0 Å². The Balaban J connectivity index is 2.46. The van der Waals surface area contributed by atoms with Gasteiger partial charge in [-0.15, -0.1) is 0 Å². The van der Waals surface area contributed by atoms with Crippen LogP contribution >= 0.6 is 0 Å². The van der Waals surface area contributed by atoms with Gasteiger partial charge < -0.3 is 22.1 Å². The van der Waals surface area contributed by atoms with Crippen molar-refractivity contribution in [2.24, 2.45) is 0 Å². The quantitative estimate of drug-likeness (QED) is 0.613. The highest BCUT2D eigenvalue weighted by molar-refractivity contribution is 5.96. The second-order valence-electron chi connectivity index (χ2n) is 5.69. The van der Waals surface area contributed by atoms with Crippen LogP contribution in [0.2, 0.25) is 0 Å². The lowest BCUT2D eigenvalue weighted by Gasteiger charge is -2.20. The molecule has 0 aliphatic heterocycles. The van der Waals surface area contributed by atoms with E-state index < -0.39 is 0 Å². The molecule has 6 nitrogen and oxygen atoms in total. The Labute approximate surface area is 118 Å². The molecule has 0 spiro atoms. The van der Waals surface area contributed by atoms with Gasteiger partial charge in [-0.25, -0.2) is 0 Å². The van der Waals surface area contributed by atoms with Crippen molar-refractivity contribution < 1.29 is 9.59 Å². The lowest BCUT2D eigenvalue weighted by atomic mass is 10.1. The van der Waals surface area contributed by atoms with Gasteiger partial charge in [-0.05, 0) is 39.0 Å². The van der Waals surface area contributed by atoms with Crippen LogP contribution in [0.5, 0.6) is 0 Å². The number of benzene rings is 1. The van der Waals surface area contributed by atoms with Gasteiger partial charge in [-0.3, -0.25) is 9.59 Å². The van der Waals surface area contributed by atoms with Gasteiger partial charge in [0.1, 0.15) is 0 Å². The SMILES string of the molecule is CC(C)(C)NC(=O)CCNC(=O)c1cc(N)cc(N)c1. The molecule has 1 aromatic carbocycles. The van der Waals surface area contributed by atoms with Gasteiger partial charge >= 0.3 is 0 Å². The molecule has 6 heteroatoms. The highest BCUT2D eigenvalue weighted by Crippen LogP contribution is 2.13. The van der Waals surface area contributed by atoms with Crippen molar-refractivity contribution in [3.63, 3.8) is 0 Å². The average Bonchev–Trinajstić information content (AvgIpc) is 2.24. The number of hydrogen-bond acceptors (Lipinski definition) is 4. The Hall–Kier alpha value is -2.24. The highest BCUT2D eigenvalue weighted by Gasteiger charge is 2.14. The molecule has 0 aromatic heterocycles. The predicted octanol–water partition coefficient (Wildman–Crippen LogP) is 0.886. The molecule has 0 atom stereocenters. The van der Waals surface area contributed by atoms with E-state index in [1.165, 1.54) is 0 Å². The van der Waals surface area contributed by atoms with E-state index in [1.807, 2.05) is 20.8 Å². The zero-order valence-electron chi connectivity index (χ0n) is 12.1. The first-order valence-electron chi connectivity index (χ1n) is 6.42. The summed E-state index contributed by atoms with van der Waals surface area (Å²) in [6.45, 7) is 5.96. The summed E-state index contributed by atoms with van der Waals surface area (Å²) >= 11 is 0. The molecule has 0 bridgehead atoms. The summed E-state index contributed by atoms with van der Waals surface area (Å²) < 4.78 is 0. The molecule has 0 saturated carbocycles. The molecular formula is C14H22N4O2. The third-order valence-electron chi connectivity index (χ3n) is 2.39. The first-order valence-corrected chi connectivity index (χ1v) is 6.42. The monoisotopic (exact) mass is 278 g/mol. The Morgan fingerprint density at radius 3 is 2.15 bits per heavy atom. The van der Waals surface area contributed by atoms with Gasteiger partial charge in [0.2, 0.25) is 5.91 Å². The largest absolute Gasteiger partial charge is 0.399 e. The lowest BCUT2D eigenvalue weighted by molar-refractivity contribution is -0.122. The van der Waals surface area contributed by atoms with Crippen molar-refractivity contribution in [1.29, 1.82) is 0 Å². The number of rotatable bonds is 4. The molecule has 1 rings (SSSR count). The second-order valence-corrected chi connectivity index (χ2v) is 5.69. The Kier molecular flexibility index (Phi) is 4.96. The van der Waals surface area contributed by atoms with Gasteiger partial charge in [-0.1, -0.05) is 0 Å². The van der Waals surface area contributed by atoms with Gasteiger partial charge in [-0.2, -0.15) is 0 Å². The van der Waals surface area contributed by atoms with E-state index in [0.717, 1.165) is 0 Å². The molecule has 2 amide bonds. The third-order valence-corrected chi connectivity index (χ3v) is 2.39. The zero-order valence-corrected chi connectivity index (χ0v) is 12.1. The standard InChI is InChI=1S/C14H22N4O2/c1-14(2,3)18-12(19)4-5-17-13(20)9-6-10(15)8-11(16)7-9/h6-8H,4-5,15-16H2,1-3H3,(H,17,20)(H,18,19). The smallest absolute Gasteiger partial charge is 0.251 e. The number of nitrogens with one attached hydrogen (secondary N) is 2. The van der Waals surface area contributed by atoms with Crippen molar-refractivity contribution in [2.45, 2.75) is 32.7 Å². The lowest BCUT2D eigenvalue weighted by Crippen LogP contribution is -2.42. The highest BCUT2D eigenvalue weighted by atomic mass is 16.2. The molecule has 0 unspecified atom stereocenters. The zero-order chi connectivity index (χ0) is 15.3. The van der Waals surface area contributed by atoms with Crippen molar-refractivity contribution in [3.05, 3.63) is 23.8 Å². The van der Waals surface area contributed by atoms with Crippen molar-refractivity contribution in [3.8, 4) is 0 Å². The van der Waals surface area contributed by atoms with Crippen LogP contribution < -0.4 is 22.1 Å². The molecule has 0 aliphatic carbocycles. The third kappa shape index (κ3) is 5.60. The molecule has 20 heavy (non-hydrogen) atoms. The number of nitrogens with two attached hydrogens (primary N) is 2. The number of hydrogen-bond donors (Lipinski definition) is 4. The number of anilines is 2. The summed E-state index contributed by atoms with van der Waals surface area (Å²) in [7, 11) is 0. The fourth-order valence-electron chi connectivity index (χ4n) is 1.68. The van der Waals surface area contributed by atoms with Crippen LogP contribution in [0.15, 0.2) is 18.2 Å². The summed E-state index contributed by atoms with van der Waals surface area (Å²) in [5.74, 6) is -0.405. The Morgan fingerprint density at radius 2 is 1.65 bits per heavy atom. The van der Waals surface area contributed by atoms with Crippen LogP contribution in [-0.2, 0) is 4.79 Å². The van der Waals surface area contributed by atoms with Gasteiger partial charge in [0, 0.05) is 35.4 Å². The molecule has 0 heterocycles. The van der Waals surface area contributed by atoms with Gasteiger partial charge in [0.05, 0.1) is 0 Å². The van der Waals surface area contributed by atoms with E-state index in [0.29, 0.717) is 16.9 Å². The minimum atomic E-state index is -0.299. The van der Waals surface area contributed by atoms with E-state index in [9.17, 15) is 9.59 Å². The molecule has 1 aromatic rings. The van der Waals surface area contributed by atoms with Crippen LogP contribution in [0.4, 0.5) is 11.4 Å². The minimum Gasteiger partial charge on any atom is -0.399 e. The normalized spacial score (nSPS) is 10.9. The van der Waals surface area contributed by atoms with E-state index in [2.05, 4.69) is 10.6 Å². The van der Waals surface area contributed by atoms with Crippen LogP contribution in [0, 0.1) is 0 Å². The maximum atomic E-state index is 11.9. The number of carbonyl (C=O) groups excluding carboxylic acids is 2. The maximum Gasteiger partial charge on any atom is 0.251 e. The summed E-state index contributed by atoms with van der Waals surface area (Å²) in [6, 6.07) is 4.66. The van der Waals surface area contributed by atoms with Crippen LogP contribution in [0.3, 0.4) is 0 Å². The molecule has 0 saturated heterocycles. The van der Waals surface area contributed by atoms with Crippen molar-refractivity contribution in [1.82, 2.24) is 10.6 Å². The minimum absolute atomic E-state index is 0.107. The maximum absolute atomic E-state index is 11.9. The number of carbonyl (C=O) groups is 2.